The highest BCUT2D eigenvalue weighted by molar-refractivity contribution is 7.13. The minimum Gasteiger partial charge on any atom is -0.456 e. The van der Waals surface area contributed by atoms with E-state index < -0.39 is 5.60 Å². The second kappa shape index (κ2) is 7.43. The van der Waals surface area contributed by atoms with E-state index in [9.17, 15) is 4.79 Å². The number of nitrogens with two attached hydrogens (primary N) is 1. The Labute approximate surface area is 125 Å². The molecule has 1 rings (SSSR count). The fraction of sp³-hybridized carbons (Fsp3) is 0.600. The van der Waals surface area contributed by atoms with Gasteiger partial charge in [0, 0.05) is 5.38 Å². The fourth-order valence-electron chi connectivity index (χ4n) is 1.68. The van der Waals surface area contributed by atoms with Gasteiger partial charge >= 0.3 is 5.97 Å². The number of thiazole rings is 1. The van der Waals surface area contributed by atoms with Crippen LogP contribution in [0.25, 0.3) is 5.57 Å². The first kappa shape index (κ1) is 16.7. The van der Waals surface area contributed by atoms with Gasteiger partial charge < -0.3 is 10.5 Å². The van der Waals surface area contributed by atoms with Crippen LogP contribution in [0.15, 0.2) is 11.5 Å². The number of carbonyl (C=O) groups excluding carboxylic acids is 1. The van der Waals surface area contributed by atoms with Gasteiger partial charge in [-0.1, -0.05) is 25.8 Å². The van der Waals surface area contributed by atoms with Crippen LogP contribution >= 0.6 is 11.3 Å². The second-order valence-corrected chi connectivity index (χ2v) is 6.58. The average Bonchev–Trinajstić information content (AvgIpc) is 2.73. The zero-order valence-corrected chi connectivity index (χ0v) is 13.5. The van der Waals surface area contributed by atoms with Crippen molar-refractivity contribution in [2.24, 2.45) is 0 Å². The summed E-state index contributed by atoms with van der Waals surface area (Å²) in [6.07, 6.45) is 6.12. The van der Waals surface area contributed by atoms with Crippen LogP contribution in [0.3, 0.4) is 0 Å². The maximum Gasteiger partial charge on any atom is 0.340 e. The van der Waals surface area contributed by atoms with Gasteiger partial charge in [-0.3, -0.25) is 0 Å². The zero-order valence-electron chi connectivity index (χ0n) is 12.7. The molecule has 0 bridgehead atoms. The van der Waals surface area contributed by atoms with Gasteiger partial charge in [0.1, 0.15) is 5.60 Å². The van der Waals surface area contributed by atoms with Crippen LogP contribution in [0.2, 0.25) is 0 Å². The summed E-state index contributed by atoms with van der Waals surface area (Å²) in [7, 11) is 0. The molecule has 0 aliphatic carbocycles. The Morgan fingerprint density at radius 2 is 2.15 bits per heavy atom. The second-order valence-electron chi connectivity index (χ2n) is 5.69. The normalized spacial score (nSPS) is 12.5. The summed E-state index contributed by atoms with van der Waals surface area (Å²) >= 11 is 1.33. The third kappa shape index (κ3) is 5.74. The number of carbonyl (C=O) groups is 1. The molecule has 2 N–H and O–H groups in total. The largest absolute Gasteiger partial charge is 0.456 e. The molecule has 0 fully saturated rings. The van der Waals surface area contributed by atoms with E-state index in [2.05, 4.69) is 11.9 Å². The summed E-state index contributed by atoms with van der Waals surface area (Å²) in [4.78, 5) is 16.5. The molecular weight excluding hydrogens is 272 g/mol. The average molecular weight is 296 g/mol. The number of anilines is 1. The maximum absolute atomic E-state index is 12.3. The molecule has 112 valence electrons. The quantitative estimate of drug-likeness (QED) is 0.489. The van der Waals surface area contributed by atoms with Crippen molar-refractivity contribution >= 4 is 28.0 Å². The highest BCUT2D eigenvalue weighted by Crippen LogP contribution is 2.23. The first-order valence-electron chi connectivity index (χ1n) is 6.98. The van der Waals surface area contributed by atoms with Crippen LogP contribution in [-0.2, 0) is 9.53 Å². The van der Waals surface area contributed by atoms with Crippen LogP contribution in [-0.4, -0.2) is 16.6 Å². The van der Waals surface area contributed by atoms with E-state index in [0.29, 0.717) is 16.4 Å². The molecule has 0 unspecified atom stereocenters. The molecule has 1 aromatic rings. The van der Waals surface area contributed by atoms with E-state index in [0.717, 1.165) is 25.7 Å². The van der Waals surface area contributed by atoms with Crippen molar-refractivity contribution < 1.29 is 9.53 Å². The van der Waals surface area contributed by atoms with E-state index in [1.807, 2.05) is 26.8 Å². The number of hydrogen-bond donors (Lipinski definition) is 1. The maximum atomic E-state index is 12.3. The predicted octanol–water partition coefficient (Wildman–Crippen LogP) is 4.03. The third-order valence-corrected chi connectivity index (χ3v) is 3.25. The molecule has 4 nitrogen and oxygen atoms in total. The highest BCUT2D eigenvalue weighted by atomic mass is 32.1. The van der Waals surface area contributed by atoms with Crippen LogP contribution in [0.5, 0.6) is 0 Å². The Hall–Kier alpha value is -1.36. The van der Waals surface area contributed by atoms with E-state index >= 15 is 0 Å². The molecule has 20 heavy (non-hydrogen) atoms. The molecule has 0 aliphatic rings. The van der Waals surface area contributed by atoms with Crippen LogP contribution in [0.4, 0.5) is 5.13 Å². The lowest BCUT2D eigenvalue weighted by molar-refractivity contribution is -0.147. The minimum atomic E-state index is -0.513. The van der Waals surface area contributed by atoms with E-state index in [4.69, 9.17) is 10.5 Å². The predicted molar refractivity (Wildman–Crippen MR) is 84.5 cm³/mol. The Balaban J connectivity index is 2.87. The lowest BCUT2D eigenvalue weighted by Gasteiger charge is -2.20. The van der Waals surface area contributed by atoms with Crippen LogP contribution in [0.1, 0.15) is 59.1 Å². The zero-order chi connectivity index (χ0) is 15.2. The van der Waals surface area contributed by atoms with Crippen molar-refractivity contribution in [2.75, 3.05) is 5.73 Å². The van der Waals surface area contributed by atoms with Crippen molar-refractivity contribution in [3.8, 4) is 0 Å². The van der Waals surface area contributed by atoms with E-state index in [1.54, 1.807) is 5.38 Å². The lowest BCUT2D eigenvalue weighted by atomic mass is 10.1. The fourth-order valence-corrected chi connectivity index (χ4v) is 2.24. The summed E-state index contributed by atoms with van der Waals surface area (Å²) in [5.74, 6) is -0.334. The van der Waals surface area contributed by atoms with E-state index in [-0.39, 0.29) is 5.97 Å². The molecule has 0 aromatic carbocycles. The summed E-state index contributed by atoms with van der Waals surface area (Å²) in [6, 6.07) is 0. The van der Waals surface area contributed by atoms with Crippen molar-refractivity contribution in [3.63, 3.8) is 0 Å². The first-order valence-corrected chi connectivity index (χ1v) is 7.86. The van der Waals surface area contributed by atoms with Gasteiger partial charge in [-0.05, 0) is 33.6 Å². The first-order chi connectivity index (χ1) is 9.33. The van der Waals surface area contributed by atoms with Crippen LogP contribution in [0, 0.1) is 0 Å². The third-order valence-electron chi connectivity index (χ3n) is 2.57. The summed E-state index contributed by atoms with van der Waals surface area (Å²) in [5, 5.41) is 2.26. The molecule has 0 spiro atoms. The monoisotopic (exact) mass is 296 g/mol. The van der Waals surface area contributed by atoms with Crippen molar-refractivity contribution in [3.05, 3.63) is 17.2 Å². The van der Waals surface area contributed by atoms with Gasteiger partial charge in [0.25, 0.3) is 0 Å². The number of aromatic nitrogens is 1. The van der Waals surface area contributed by atoms with Crippen molar-refractivity contribution in [2.45, 2.75) is 59.0 Å². The number of ether oxygens (including phenoxy) is 1. The number of nitrogen functional groups attached to an aromatic ring is 1. The molecule has 0 atom stereocenters. The Morgan fingerprint density at radius 3 is 2.65 bits per heavy atom. The van der Waals surface area contributed by atoms with Gasteiger partial charge in [0.15, 0.2) is 5.13 Å². The number of hydrogen-bond acceptors (Lipinski definition) is 5. The molecule has 0 amide bonds. The summed E-state index contributed by atoms with van der Waals surface area (Å²) in [5.41, 5.74) is 6.26. The summed E-state index contributed by atoms with van der Waals surface area (Å²) < 4.78 is 5.44. The molecule has 1 aromatic heterocycles. The number of esters is 1. The Kier molecular flexibility index (Phi) is 6.20. The van der Waals surface area contributed by atoms with Gasteiger partial charge in [0.05, 0.1) is 11.3 Å². The van der Waals surface area contributed by atoms with E-state index in [1.165, 1.54) is 11.3 Å². The number of nitrogens with zero attached hydrogens (tertiary/aromatic N) is 1. The molecule has 0 saturated heterocycles. The van der Waals surface area contributed by atoms with Crippen molar-refractivity contribution in [1.29, 1.82) is 0 Å². The van der Waals surface area contributed by atoms with Gasteiger partial charge in [-0.15, -0.1) is 11.3 Å². The Bertz CT molecular complexity index is 472. The molecule has 0 aliphatic heterocycles. The number of allylic oxidation sites excluding steroid dienone is 1. The highest BCUT2D eigenvalue weighted by Gasteiger charge is 2.22. The molecule has 0 saturated carbocycles. The topological polar surface area (TPSA) is 65.2 Å². The van der Waals surface area contributed by atoms with Gasteiger partial charge in [0.2, 0.25) is 0 Å². The SMILES string of the molecule is CCCCC/C=C(/C(=O)OC(C)(C)C)c1csc(N)n1. The Morgan fingerprint density at radius 1 is 1.45 bits per heavy atom. The smallest absolute Gasteiger partial charge is 0.340 e. The molecule has 5 heteroatoms. The minimum absolute atomic E-state index is 0.334. The van der Waals surface area contributed by atoms with Gasteiger partial charge in [-0.25, -0.2) is 9.78 Å². The molecule has 1 heterocycles. The van der Waals surface area contributed by atoms with Crippen molar-refractivity contribution in [1.82, 2.24) is 4.98 Å². The standard InChI is InChI=1S/C15H24N2O2S/c1-5-6-7-8-9-11(12-10-20-14(16)17-12)13(18)19-15(2,3)4/h9-10H,5-8H2,1-4H3,(H2,16,17)/b11-9+. The molecule has 0 radical (unpaired) electrons. The molecular formula is C15H24N2O2S. The lowest BCUT2D eigenvalue weighted by Crippen LogP contribution is -2.24. The van der Waals surface area contributed by atoms with Gasteiger partial charge in [-0.2, -0.15) is 0 Å². The number of rotatable bonds is 6. The summed E-state index contributed by atoms with van der Waals surface area (Å²) in [6.45, 7) is 7.72. The number of unbranched alkanes of at least 4 members (excludes halogenated alkanes) is 3. The van der Waals surface area contributed by atoms with Crippen LogP contribution < -0.4 is 5.73 Å².